The SMILES string of the molecule is NCC1(c2cccc3oc(=O)[nH]c23)CCCC1. The summed E-state index contributed by atoms with van der Waals surface area (Å²) >= 11 is 0. The van der Waals surface area contributed by atoms with Gasteiger partial charge in [0.1, 0.15) is 0 Å². The first-order chi connectivity index (χ1) is 8.25. The molecule has 0 radical (unpaired) electrons. The summed E-state index contributed by atoms with van der Waals surface area (Å²) in [7, 11) is 0. The van der Waals surface area contributed by atoms with Gasteiger partial charge >= 0.3 is 5.76 Å². The molecule has 3 N–H and O–H groups in total. The number of H-pyrrole nitrogens is 1. The molecule has 4 heteroatoms. The molecular formula is C13H16N2O2. The van der Waals surface area contributed by atoms with Crippen LogP contribution in [0.25, 0.3) is 11.1 Å². The second-order valence-electron chi connectivity index (χ2n) is 4.88. The molecule has 1 aromatic carbocycles. The quantitative estimate of drug-likeness (QED) is 0.830. The molecule has 0 atom stereocenters. The number of nitrogens with two attached hydrogens (primary N) is 1. The van der Waals surface area contributed by atoms with E-state index in [1.165, 1.54) is 12.8 Å². The summed E-state index contributed by atoms with van der Waals surface area (Å²) in [5, 5.41) is 0. The van der Waals surface area contributed by atoms with Crippen molar-refractivity contribution in [3.05, 3.63) is 34.3 Å². The highest BCUT2D eigenvalue weighted by atomic mass is 16.4. The van der Waals surface area contributed by atoms with Crippen molar-refractivity contribution < 1.29 is 4.42 Å². The zero-order valence-electron chi connectivity index (χ0n) is 9.66. The number of hydrogen-bond acceptors (Lipinski definition) is 3. The zero-order chi connectivity index (χ0) is 11.9. The Labute approximate surface area is 98.8 Å². The van der Waals surface area contributed by atoms with Crippen LogP contribution in [0.5, 0.6) is 0 Å². The van der Waals surface area contributed by atoms with E-state index < -0.39 is 5.76 Å². The first-order valence-electron chi connectivity index (χ1n) is 6.08. The predicted molar refractivity (Wildman–Crippen MR) is 66.0 cm³/mol. The van der Waals surface area contributed by atoms with Crippen molar-refractivity contribution in [2.45, 2.75) is 31.1 Å². The Morgan fingerprint density at radius 3 is 2.82 bits per heavy atom. The van der Waals surface area contributed by atoms with E-state index >= 15 is 0 Å². The maximum absolute atomic E-state index is 11.3. The molecule has 3 rings (SSSR count). The molecule has 1 aliphatic carbocycles. The zero-order valence-corrected chi connectivity index (χ0v) is 9.66. The van der Waals surface area contributed by atoms with Gasteiger partial charge in [0.2, 0.25) is 0 Å². The molecule has 0 unspecified atom stereocenters. The summed E-state index contributed by atoms with van der Waals surface area (Å²) in [6, 6.07) is 5.81. The third-order valence-electron chi connectivity index (χ3n) is 3.98. The van der Waals surface area contributed by atoms with Gasteiger partial charge in [-0.1, -0.05) is 25.0 Å². The molecule has 1 fully saturated rings. The van der Waals surface area contributed by atoms with Gasteiger partial charge in [-0.3, -0.25) is 4.98 Å². The van der Waals surface area contributed by atoms with Gasteiger partial charge < -0.3 is 10.2 Å². The molecule has 0 spiro atoms. The molecule has 0 aliphatic heterocycles. The van der Waals surface area contributed by atoms with Crippen LogP contribution in [0.3, 0.4) is 0 Å². The molecule has 0 saturated heterocycles. The Kier molecular flexibility index (Phi) is 2.33. The Bertz CT molecular complexity index is 591. The van der Waals surface area contributed by atoms with E-state index in [4.69, 9.17) is 10.2 Å². The number of benzene rings is 1. The highest BCUT2D eigenvalue weighted by Crippen LogP contribution is 2.42. The van der Waals surface area contributed by atoms with Gasteiger partial charge in [0.05, 0.1) is 5.52 Å². The maximum atomic E-state index is 11.3. The molecule has 17 heavy (non-hydrogen) atoms. The molecule has 90 valence electrons. The standard InChI is InChI=1S/C13H16N2O2/c14-8-13(6-1-2-7-13)9-4-3-5-10-11(9)15-12(16)17-10/h3-5H,1-2,6-8,14H2,(H,15,16). The highest BCUT2D eigenvalue weighted by molar-refractivity contribution is 5.77. The van der Waals surface area contributed by atoms with E-state index in [9.17, 15) is 4.79 Å². The lowest BCUT2D eigenvalue weighted by molar-refractivity contribution is 0.456. The molecule has 0 amide bonds. The van der Waals surface area contributed by atoms with E-state index in [-0.39, 0.29) is 5.41 Å². The van der Waals surface area contributed by atoms with Gasteiger partial charge in [-0.2, -0.15) is 0 Å². The van der Waals surface area contributed by atoms with Gasteiger partial charge in [-0.05, 0) is 24.5 Å². The minimum Gasteiger partial charge on any atom is -0.408 e. The van der Waals surface area contributed by atoms with Crippen LogP contribution in [-0.4, -0.2) is 11.5 Å². The van der Waals surface area contributed by atoms with Crippen molar-refractivity contribution in [1.82, 2.24) is 4.98 Å². The highest BCUT2D eigenvalue weighted by Gasteiger charge is 2.36. The summed E-state index contributed by atoms with van der Waals surface area (Å²) in [6.45, 7) is 0.624. The van der Waals surface area contributed by atoms with Crippen molar-refractivity contribution in [3.63, 3.8) is 0 Å². The van der Waals surface area contributed by atoms with E-state index in [1.54, 1.807) is 0 Å². The van der Waals surface area contributed by atoms with Crippen molar-refractivity contribution in [3.8, 4) is 0 Å². The Hall–Kier alpha value is -1.55. The molecule has 1 aromatic heterocycles. The van der Waals surface area contributed by atoms with Gasteiger partial charge in [0.25, 0.3) is 0 Å². The topological polar surface area (TPSA) is 72.0 Å². The number of aromatic amines is 1. The van der Waals surface area contributed by atoms with Crippen LogP contribution in [0.2, 0.25) is 0 Å². The minimum absolute atomic E-state index is 0.0202. The van der Waals surface area contributed by atoms with Gasteiger partial charge in [0, 0.05) is 12.0 Å². The minimum atomic E-state index is -0.391. The van der Waals surface area contributed by atoms with Crippen molar-refractivity contribution in [2.24, 2.45) is 5.73 Å². The fourth-order valence-electron chi connectivity index (χ4n) is 3.05. The summed E-state index contributed by atoms with van der Waals surface area (Å²) < 4.78 is 5.11. The van der Waals surface area contributed by atoms with Gasteiger partial charge in [0.15, 0.2) is 5.58 Å². The average molecular weight is 232 g/mol. The van der Waals surface area contributed by atoms with E-state index in [1.807, 2.05) is 12.1 Å². The van der Waals surface area contributed by atoms with Crippen LogP contribution >= 0.6 is 0 Å². The molecule has 1 saturated carbocycles. The summed E-state index contributed by atoms with van der Waals surface area (Å²) in [6.07, 6.45) is 4.59. The number of aromatic nitrogens is 1. The molecule has 0 bridgehead atoms. The molecule has 4 nitrogen and oxygen atoms in total. The lowest BCUT2D eigenvalue weighted by Gasteiger charge is -2.27. The first kappa shape index (κ1) is 10.6. The summed E-state index contributed by atoms with van der Waals surface area (Å²) in [5.41, 5.74) is 8.59. The Balaban J connectivity index is 2.25. The third-order valence-corrected chi connectivity index (χ3v) is 3.98. The van der Waals surface area contributed by atoms with Crippen LogP contribution in [0.4, 0.5) is 0 Å². The molecule has 1 heterocycles. The number of rotatable bonds is 2. The van der Waals surface area contributed by atoms with Crippen LogP contribution in [-0.2, 0) is 5.41 Å². The number of para-hydroxylation sites is 1. The normalized spacial score (nSPS) is 18.9. The molecule has 2 aromatic rings. The van der Waals surface area contributed by atoms with E-state index in [2.05, 4.69) is 11.1 Å². The van der Waals surface area contributed by atoms with Crippen LogP contribution in [0.1, 0.15) is 31.2 Å². The largest absolute Gasteiger partial charge is 0.417 e. The summed E-state index contributed by atoms with van der Waals surface area (Å²) in [5.74, 6) is -0.391. The average Bonchev–Trinajstić information content (AvgIpc) is 2.93. The lowest BCUT2D eigenvalue weighted by atomic mass is 9.78. The van der Waals surface area contributed by atoms with E-state index in [0.29, 0.717) is 12.1 Å². The predicted octanol–water partition coefficient (Wildman–Crippen LogP) is 1.89. The van der Waals surface area contributed by atoms with Crippen molar-refractivity contribution in [2.75, 3.05) is 6.54 Å². The van der Waals surface area contributed by atoms with Crippen LogP contribution in [0.15, 0.2) is 27.4 Å². The summed E-state index contributed by atoms with van der Waals surface area (Å²) in [4.78, 5) is 14.1. The van der Waals surface area contributed by atoms with Crippen molar-refractivity contribution in [1.29, 1.82) is 0 Å². The van der Waals surface area contributed by atoms with Crippen LogP contribution in [0, 0.1) is 0 Å². The Morgan fingerprint density at radius 1 is 1.35 bits per heavy atom. The monoisotopic (exact) mass is 232 g/mol. The number of nitrogens with one attached hydrogen (secondary N) is 1. The fourth-order valence-corrected chi connectivity index (χ4v) is 3.05. The van der Waals surface area contributed by atoms with Gasteiger partial charge in [-0.25, -0.2) is 4.79 Å². The lowest BCUT2D eigenvalue weighted by Crippen LogP contribution is -2.32. The number of hydrogen-bond donors (Lipinski definition) is 2. The number of oxazole rings is 1. The fraction of sp³-hybridized carbons (Fsp3) is 0.462. The third kappa shape index (κ3) is 1.52. The van der Waals surface area contributed by atoms with Gasteiger partial charge in [-0.15, -0.1) is 0 Å². The number of fused-ring (bicyclic) bond motifs is 1. The Morgan fingerprint density at radius 2 is 2.12 bits per heavy atom. The maximum Gasteiger partial charge on any atom is 0.417 e. The second kappa shape index (κ2) is 3.74. The van der Waals surface area contributed by atoms with Crippen LogP contribution < -0.4 is 11.5 Å². The van der Waals surface area contributed by atoms with Crippen molar-refractivity contribution >= 4 is 11.1 Å². The first-order valence-corrected chi connectivity index (χ1v) is 6.08. The van der Waals surface area contributed by atoms with E-state index in [0.717, 1.165) is 23.9 Å². The molecular weight excluding hydrogens is 216 g/mol. The second-order valence-corrected chi connectivity index (χ2v) is 4.88. The smallest absolute Gasteiger partial charge is 0.408 e. The molecule has 1 aliphatic rings.